The molecule has 186 valence electrons. The topological polar surface area (TPSA) is 121 Å². The molecule has 1 aliphatic rings. The molecule has 1 aliphatic heterocycles. The Kier molecular flexibility index (Phi) is 6.14. The Bertz CT molecular complexity index is 1600. The number of rotatable bonds is 6. The van der Waals surface area contributed by atoms with Gasteiger partial charge in [-0.05, 0) is 36.2 Å². The minimum atomic E-state index is -4.32. The summed E-state index contributed by atoms with van der Waals surface area (Å²) < 4.78 is 71.3. The second-order valence-corrected chi connectivity index (χ2v) is 10.0. The number of H-pyrrole nitrogens is 1. The van der Waals surface area contributed by atoms with Crippen molar-refractivity contribution in [3.63, 3.8) is 0 Å². The van der Waals surface area contributed by atoms with Gasteiger partial charge < -0.3 is 4.98 Å². The van der Waals surface area contributed by atoms with Gasteiger partial charge in [-0.25, -0.2) is 28.1 Å². The number of halogens is 4. The quantitative estimate of drug-likeness (QED) is 0.285. The molecule has 0 spiro atoms. The molecule has 9 nitrogen and oxygen atoms in total. The maximum Gasteiger partial charge on any atom is 0.301 e. The number of carbonyl (C=O) groups is 1. The van der Waals surface area contributed by atoms with E-state index in [4.69, 9.17) is 11.6 Å². The maximum atomic E-state index is 15.3. The molecule has 36 heavy (non-hydrogen) atoms. The summed E-state index contributed by atoms with van der Waals surface area (Å²) in [6, 6.07) is 3.21. The van der Waals surface area contributed by atoms with Crippen molar-refractivity contribution < 1.29 is 26.4 Å². The zero-order chi connectivity index (χ0) is 25.6. The monoisotopic (exact) mass is 536 g/mol. The summed E-state index contributed by atoms with van der Waals surface area (Å²) in [4.78, 5) is 28.1. The van der Waals surface area contributed by atoms with Crippen molar-refractivity contribution in [1.29, 1.82) is 0 Å². The molecule has 1 unspecified atom stereocenters. The van der Waals surface area contributed by atoms with Crippen LogP contribution in [0.3, 0.4) is 0 Å². The molecule has 2 N–H and O–H groups in total. The molecule has 3 aromatic heterocycles. The summed E-state index contributed by atoms with van der Waals surface area (Å²) in [6.07, 6.45) is 4.33. The third-order valence-electron chi connectivity index (χ3n) is 5.72. The zero-order valence-corrected chi connectivity index (χ0v) is 19.7. The Balaban J connectivity index is 1.52. The highest BCUT2D eigenvalue weighted by molar-refractivity contribution is 7.90. The fourth-order valence-corrected chi connectivity index (χ4v) is 5.26. The first kappa shape index (κ1) is 24.2. The highest BCUT2D eigenvalue weighted by Crippen LogP contribution is 2.30. The van der Waals surface area contributed by atoms with E-state index in [1.165, 1.54) is 24.8 Å². The molecule has 1 atom stereocenters. The molecule has 0 saturated carbocycles. The summed E-state index contributed by atoms with van der Waals surface area (Å²) in [5, 5.41) is 0.310. The van der Waals surface area contributed by atoms with Crippen LogP contribution in [0.5, 0.6) is 0 Å². The van der Waals surface area contributed by atoms with Crippen LogP contribution in [0.1, 0.15) is 22.3 Å². The molecule has 0 amide bonds. The highest BCUT2D eigenvalue weighted by Gasteiger charge is 2.33. The predicted molar refractivity (Wildman–Crippen MR) is 126 cm³/mol. The zero-order valence-electron chi connectivity index (χ0n) is 18.2. The number of aromatic amines is 1. The lowest BCUT2D eigenvalue weighted by atomic mass is 10.0. The summed E-state index contributed by atoms with van der Waals surface area (Å²) in [6.45, 7) is -0.471. The van der Waals surface area contributed by atoms with Crippen molar-refractivity contribution >= 4 is 44.3 Å². The number of carbonyl (C=O) groups excluding carboxylic acids is 1. The Morgan fingerprint density at radius 1 is 1.14 bits per heavy atom. The maximum absolute atomic E-state index is 15.3. The first-order chi connectivity index (χ1) is 17.1. The van der Waals surface area contributed by atoms with Crippen LogP contribution in [0.2, 0.25) is 5.28 Å². The van der Waals surface area contributed by atoms with Crippen LogP contribution in [0.15, 0.2) is 43.0 Å². The summed E-state index contributed by atoms with van der Waals surface area (Å²) in [5.41, 5.74) is -0.344. The smallest absolute Gasteiger partial charge is 0.301 e. The van der Waals surface area contributed by atoms with Crippen LogP contribution < -0.4 is 4.72 Å². The fraction of sp³-hybridized carbons (Fsp3) is 0.182. The van der Waals surface area contributed by atoms with Gasteiger partial charge in [0.25, 0.3) is 0 Å². The van der Waals surface area contributed by atoms with Crippen LogP contribution >= 0.6 is 11.6 Å². The molecule has 0 bridgehead atoms. The van der Waals surface area contributed by atoms with E-state index < -0.39 is 45.0 Å². The van der Waals surface area contributed by atoms with Gasteiger partial charge in [-0.1, -0.05) is 0 Å². The van der Waals surface area contributed by atoms with Gasteiger partial charge in [-0.2, -0.15) is 12.7 Å². The van der Waals surface area contributed by atoms with Gasteiger partial charge in [0.1, 0.15) is 17.6 Å². The van der Waals surface area contributed by atoms with Crippen LogP contribution in [-0.2, 0) is 10.2 Å². The van der Waals surface area contributed by atoms with Crippen LogP contribution in [0.4, 0.5) is 18.9 Å². The second kappa shape index (κ2) is 9.15. The number of fused-ring (bicyclic) bond motifs is 1. The van der Waals surface area contributed by atoms with E-state index in [0.29, 0.717) is 11.1 Å². The first-order valence-electron chi connectivity index (χ1n) is 10.5. The molecule has 14 heteroatoms. The molecular weight excluding hydrogens is 521 g/mol. The van der Waals surface area contributed by atoms with E-state index in [9.17, 15) is 22.0 Å². The number of ketones is 1. The van der Waals surface area contributed by atoms with Crippen molar-refractivity contribution in [2.75, 3.05) is 17.8 Å². The van der Waals surface area contributed by atoms with Crippen molar-refractivity contribution in [2.45, 2.75) is 12.6 Å². The molecule has 4 heterocycles. The molecule has 0 aliphatic carbocycles. The van der Waals surface area contributed by atoms with Gasteiger partial charge in [0.15, 0.2) is 5.82 Å². The molecule has 5 rings (SSSR count). The molecular formula is C22H16ClF3N6O3S. The van der Waals surface area contributed by atoms with E-state index in [2.05, 4.69) is 19.9 Å². The van der Waals surface area contributed by atoms with Gasteiger partial charge in [0, 0.05) is 60.0 Å². The number of aromatic nitrogens is 4. The normalized spacial score (nSPS) is 16.5. The summed E-state index contributed by atoms with van der Waals surface area (Å²) >= 11 is 5.72. The van der Waals surface area contributed by atoms with Gasteiger partial charge >= 0.3 is 10.2 Å². The van der Waals surface area contributed by atoms with Gasteiger partial charge in [-0.15, -0.1) is 0 Å². The predicted octanol–water partition coefficient (Wildman–Crippen LogP) is 3.88. The van der Waals surface area contributed by atoms with Crippen molar-refractivity contribution in [3.05, 3.63) is 71.0 Å². The number of anilines is 1. The van der Waals surface area contributed by atoms with Crippen molar-refractivity contribution in [2.24, 2.45) is 0 Å². The molecule has 1 saturated heterocycles. The van der Waals surface area contributed by atoms with Crippen molar-refractivity contribution in [3.8, 4) is 11.1 Å². The van der Waals surface area contributed by atoms with Crippen molar-refractivity contribution in [1.82, 2.24) is 24.2 Å². The number of alkyl halides is 1. The first-order valence-corrected chi connectivity index (χ1v) is 12.4. The second-order valence-electron chi connectivity index (χ2n) is 8.03. The number of hydrogen-bond acceptors (Lipinski definition) is 6. The number of benzene rings is 1. The Morgan fingerprint density at radius 2 is 1.86 bits per heavy atom. The van der Waals surface area contributed by atoms with E-state index in [1.807, 2.05) is 4.72 Å². The molecule has 1 fully saturated rings. The number of nitrogens with zero attached hydrogens (tertiary/aromatic N) is 4. The van der Waals surface area contributed by atoms with Gasteiger partial charge in [-0.3, -0.25) is 9.52 Å². The summed E-state index contributed by atoms with van der Waals surface area (Å²) in [7, 11) is -4.32. The lowest BCUT2D eigenvalue weighted by Gasteiger charge is -2.18. The van der Waals surface area contributed by atoms with Gasteiger partial charge in [0.2, 0.25) is 11.1 Å². The highest BCUT2D eigenvalue weighted by atomic mass is 35.5. The van der Waals surface area contributed by atoms with Crippen LogP contribution in [0, 0.1) is 11.6 Å². The molecule has 4 aromatic rings. The number of hydrogen-bond donors (Lipinski definition) is 2. The van der Waals surface area contributed by atoms with E-state index in [1.54, 1.807) is 6.07 Å². The SMILES string of the molecule is O=C(c1c(F)ccc(NS(=O)(=O)N2CCC(F)C2)c1F)c1c[nH]c2ncc(-c3cnc(Cl)nc3)cc12. The Morgan fingerprint density at radius 3 is 2.56 bits per heavy atom. The third-order valence-corrected chi connectivity index (χ3v) is 7.40. The molecule has 1 aromatic carbocycles. The third kappa shape index (κ3) is 4.40. The van der Waals surface area contributed by atoms with Crippen LogP contribution in [-0.4, -0.2) is 57.7 Å². The van der Waals surface area contributed by atoms with E-state index in [-0.39, 0.29) is 41.4 Å². The Labute approximate surface area is 207 Å². The number of nitrogens with one attached hydrogen (secondary N) is 2. The number of pyridine rings is 1. The van der Waals surface area contributed by atoms with Crippen LogP contribution in [0.25, 0.3) is 22.2 Å². The Hall–Kier alpha value is -3.55. The fourth-order valence-electron chi connectivity index (χ4n) is 3.89. The average molecular weight is 537 g/mol. The summed E-state index contributed by atoms with van der Waals surface area (Å²) in [5.74, 6) is -3.62. The van der Waals surface area contributed by atoms with Gasteiger partial charge in [0.05, 0.1) is 11.3 Å². The lowest BCUT2D eigenvalue weighted by Crippen LogP contribution is -2.34. The van der Waals surface area contributed by atoms with E-state index >= 15 is 4.39 Å². The minimum Gasteiger partial charge on any atom is -0.345 e. The average Bonchev–Trinajstić information content (AvgIpc) is 3.48. The minimum absolute atomic E-state index is 0.00921. The van der Waals surface area contributed by atoms with E-state index in [0.717, 1.165) is 16.4 Å². The standard InChI is InChI=1S/C22H16ClF3N6O3S/c23-22-29-7-12(8-30-22)11-5-14-15(9-28-21(14)27-6-11)20(33)18-16(25)1-2-17(19(18)26)31-36(34,35)32-4-3-13(24)10-32/h1-2,5-9,13,31H,3-4,10H2,(H,27,28). The lowest BCUT2D eigenvalue weighted by molar-refractivity contribution is 0.103. The molecule has 0 radical (unpaired) electrons. The largest absolute Gasteiger partial charge is 0.345 e.